The average molecular weight is 1200 g/mol. The summed E-state index contributed by atoms with van der Waals surface area (Å²) in [6.45, 7) is -3.02. The van der Waals surface area contributed by atoms with Crippen LogP contribution in [0.4, 0.5) is 17.7 Å². The topological polar surface area (TPSA) is 540 Å². The maximum absolute atomic E-state index is 13.8. The molecule has 16 atom stereocenters. The molecule has 9 heterocycles. The number of nitrogens with two attached hydrogens (primary N) is 3. The molecule has 43 heteroatoms. The van der Waals surface area contributed by atoms with Gasteiger partial charge in [0.2, 0.25) is 17.7 Å². The molecule has 9 rings (SSSR count). The van der Waals surface area contributed by atoms with Crippen LogP contribution in [-0.4, -0.2) is 180 Å². The molecule has 6 aromatic heterocycles. The van der Waals surface area contributed by atoms with E-state index in [-0.39, 0.29) is 64.2 Å². The summed E-state index contributed by atoms with van der Waals surface area (Å²) in [6, 6.07) is 0. The molecule has 3 fully saturated rings. The van der Waals surface area contributed by atoms with Gasteiger partial charge in [-0.05, 0) is 6.42 Å². The normalized spacial score (nSPS) is 29.5. The molecule has 0 aliphatic carbocycles. The van der Waals surface area contributed by atoms with Crippen LogP contribution in [-0.2, 0) is 80.4 Å². The highest BCUT2D eigenvalue weighted by Gasteiger charge is 2.54. The van der Waals surface area contributed by atoms with Gasteiger partial charge in [-0.1, -0.05) is 4.98 Å². The molecule has 3 aliphatic heterocycles. The van der Waals surface area contributed by atoms with Crippen molar-refractivity contribution in [1.29, 1.82) is 0 Å². The number of hydrogen-bond acceptors (Lipinski definition) is 29. The van der Waals surface area contributed by atoms with Gasteiger partial charge >= 0.3 is 36.9 Å². The van der Waals surface area contributed by atoms with Gasteiger partial charge < -0.3 is 75.4 Å². The van der Waals surface area contributed by atoms with Crippen LogP contribution in [0.1, 0.15) is 25.1 Å². The Balaban J connectivity index is 0.876. The van der Waals surface area contributed by atoms with Crippen molar-refractivity contribution in [1.82, 2.24) is 53.6 Å². The molecule has 0 aromatic carbocycles. The quantitative estimate of drug-likeness (QED) is 0.0229. The minimum Gasteiger partial charge on any atom is -0.387 e. The summed E-state index contributed by atoms with van der Waals surface area (Å²) in [5.74, 6) is -1.53. The van der Waals surface area contributed by atoms with Crippen LogP contribution in [0.25, 0.3) is 33.5 Å². The number of nitrogens with zero attached hydrogens (tertiary/aromatic N) is 10. The second kappa shape index (κ2) is 22.7. The highest BCUT2D eigenvalue weighted by Crippen LogP contribution is 2.68. The van der Waals surface area contributed by atoms with Gasteiger partial charge in [-0.25, -0.2) is 42.8 Å². The van der Waals surface area contributed by atoms with Crippen molar-refractivity contribution < 1.29 is 108 Å². The van der Waals surface area contributed by atoms with Crippen molar-refractivity contribution in [3.8, 4) is 0 Å². The number of nitrogen functional groups attached to an aromatic ring is 3. The molecule has 0 saturated carbocycles. The smallest absolute Gasteiger partial charge is 0.387 e. The zero-order valence-electron chi connectivity index (χ0n) is 41.3. The number of aromatic nitrogens is 12. The lowest BCUT2D eigenvalue weighted by Gasteiger charge is -2.26. The molecule has 6 aromatic rings. The minimum absolute atomic E-state index is 0.00284. The Kier molecular flexibility index (Phi) is 16.8. The Hall–Kier alpha value is -5.15. The van der Waals surface area contributed by atoms with Crippen molar-refractivity contribution in [3.63, 3.8) is 0 Å². The number of phosphoric ester groups is 3. The van der Waals surface area contributed by atoms with Crippen LogP contribution in [0.2, 0.25) is 0 Å². The lowest BCUT2D eigenvalue weighted by Crippen LogP contribution is -2.45. The third-order valence-electron chi connectivity index (χ3n) is 12.6. The van der Waals surface area contributed by atoms with Gasteiger partial charge in [-0.3, -0.25) is 51.4 Å². The fraction of sp³-hybridized carbons (Fsp3) is 0.583. The Bertz CT molecular complexity index is 3550. The summed E-state index contributed by atoms with van der Waals surface area (Å²) in [5.41, 5.74) is 16.1. The number of fused-ring (bicyclic) bond motifs is 3. The average Bonchev–Trinajstić information content (AvgIpc) is 4.43. The lowest BCUT2D eigenvalue weighted by molar-refractivity contribution is -0.745. The summed E-state index contributed by atoms with van der Waals surface area (Å²) in [7, 11) is -18.1. The van der Waals surface area contributed by atoms with Crippen LogP contribution < -0.4 is 32.9 Å². The van der Waals surface area contributed by atoms with Gasteiger partial charge in [0, 0.05) is 33.9 Å². The molecule has 3 saturated heterocycles. The summed E-state index contributed by atoms with van der Waals surface area (Å²) in [6.07, 6.45) is -11.3. The summed E-state index contributed by atoms with van der Waals surface area (Å²) >= 11 is 0. The number of imidazole rings is 3. The molecule has 14 N–H and O–H groups in total. The second-order valence-electron chi connectivity index (χ2n) is 17.6. The van der Waals surface area contributed by atoms with E-state index in [2.05, 4.69) is 48.5 Å². The number of rotatable bonds is 23. The van der Waals surface area contributed by atoms with Crippen molar-refractivity contribution in [2.45, 2.75) is 73.9 Å². The van der Waals surface area contributed by atoms with Gasteiger partial charge in [-0.2, -0.15) is 13.6 Å². The van der Waals surface area contributed by atoms with Crippen LogP contribution in [0, 0.1) is 5.92 Å². The van der Waals surface area contributed by atoms with E-state index in [1.54, 1.807) is 0 Å². The van der Waals surface area contributed by atoms with Crippen LogP contribution in [0.5, 0.6) is 0 Å². The summed E-state index contributed by atoms with van der Waals surface area (Å²) in [5, 5.41) is 22.6. The van der Waals surface area contributed by atoms with E-state index in [1.165, 1.54) is 58.5 Å². The number of nitrogens with one attached hydrogen (secondary N) is 2. The highest BCUT2D eigenvalue weighted by atomic mass is 31.3. The third kappa shape index (κ3) is 12.1. The maximum Gasteiger partial charge on any atom is 0.490 e. The number of aromatic amines is 2. The van der Waals surface area contributed by atoms with Gasteiger partial charge in [0.15, 0.2) is 41.4 Å². The van der Waals surface area contributed by atoms with E-state index in [0.29, 0.717) is 0 Å². The monoisotopic (exact) mass is 1200 g/mol. The predicted octanol–water partition coefficient (Wildman–Crippen LogP) is -2.76. The Morgan fingerprint density at radius 1 is 0.684 bits per heavy atom. The second-order valence-corrected chi connectivity index (χ2v) is 23.7. The van der Waals surface area contributed by atoms with E-state index in [4.69, 9.17) is 63.7 Å². The highest BCUT2D eigenvalue weighted by molar-refractivity contribution is 7.66. The first-order chi connectivity index (χ1) is 37.2. The lowest BCUT2D eigenvalue weighted by atomic mass is 9.95. The summed E-state index contributed by atoms with van der Waals surface area (Å²) < 4.78 is 122. The van der Waals surface area contributed by atoms with E-state index in [0.717, 1.165) is 13.4 Å². The predicted molar refractivity (Wildman–Crippen MR) is 258 cm³/mol. The number of hydrogen-bond donors (Lipinski definition) is 11. The minimum atomic E-state index is -6.17. The van der Waals surface area contributed by atoms with Gasteiger partial charge in [0.1, 0.15) is 54.6 Å². The molecule has 0 amide bonds. The number of aliphatic hydroxyl groups is 2. The number of H-pyrrole nitrogens is 2. The Morgan fingerprint density at radius 3 is 1.94 bits per heavy atom. The first kappa shape index (κ1) is 58.5. The summed E-state index contributed by atoms with van der Waals surface area (Å²) in [4.78, 5) is 97.1. The Morgan fingerprint density at radius 2 is 1.27 bits per heavy atom. The number of anilines is 3. The first-order valence-corrected chi connectivity index (χ1v) is 28.9. The fourth-order valence-corrected chi connectivity index (χ4v) is 13.7. The van der Waals surface area contributed by atoms with Crippen molar-refractivity contribution in [3.05, 3.63) is 46.0 Å². The zero-order valence-corrected chi connectivity index (χ0v) is 44.9. The van der Waals surface area contributed by atoms with Crippen molar-refractivity contribution >= 4 is 82.5 Å². The molecule has 0 spiro atoms. The van der Waals surface area contributed by atoms with Gasteiger partial charge in [0.25, 0.3) is 17.1 Å². The van der Waals surface area contributed by atoms with E-state index in [1.807, 2.05) is 0 Å². The number of aliphatic hydroxyl groups excluding tert-OH is 2. The molecule has 0 bridgehead atoms. The first-order valence-electron chi connectivity index (χ1n) is 22.9. The van der Waals surface area contributed by atoms with E-state index >= 15 is 0 Å². The number of ether oxygens (including phenoxy) is 6. The molecule has 3 aliphatic rings. The zero-order chi connectivity index (χ0) is 57.1. The molecular formula is C36H52N15O24P4+. The maximum atomic E-state index is 13.8. The SMILES string of the molecule is COCC[C@H]1[C@@H](O)[C@H]([n+]2cn(C)c3c(=O)[nH]c(N)nc32)O[C@@H]1COP(=O)(O)OP(=O)(O)OP(=O)(O)OCC1O[C@@H](n2cnc3c(N)ncnc32)[C@H](OC)[C@@H]1OP(=O)(O)OC[C@H]1O[C@@H](n2cnc3c(=O)[nH]c(N)nc32)[C@H](OC)[C@@H]1O. The van der Waals surface area contributed by atoms with Crippen LogP contribution in [0.3, 0.4) is 0 Å². The molecule has 434 valence electrons. The molecular weight excluding hydrogens is 1150 g/mol. The number of aryl methyl sites for hydroxylation is 1. The number of phosphoric acid groups is 4. The molecule has 0 radical (unpaired) electrons. The largest absolute Gasteiger partial charge is 0.490 e. The Labute approximate surface area is 440 Å². The van der Waals surface area contributed by atoms with Crippen LogP contribution >= 0.6 is 31.3 Å². The molecule has 5 unspecified atom stereocenters. The van der Waals surface area contributed by atoms with Gasteiger partial charge in [0.05, 0.1) is 45.6 Å². The van der Waals surface area contributed by atoms with Crippen LogP contribution in [0.15, 0.2) is 34.9 Å². The number of methoxy groups -OCH3 is 3. The van der Waals surface area contributed by atoms with E-state index in [9.17, 15) is 57.6 Å². The molecule has 79 heavy (non-hydrogen) atoms. The fourth-order valence-electron chi connectivity index (χ4n) is 9.23. The third-order valence-corrected chi connectivity index (χ3v) is 17.9. The van der Waals surface area contributed by atoms with E-state index < -0.39 is 136 Å². The van der Waals surface area contributed by atoms with Gasteiger partial charge in [-0.15, -0.1) is 0 Å². The standard InChI is InChI=1S/C36H51N15O24P4/c1-48-13-51(29-20(48)31(55)47-36(39)45-29)32-21(52)14(5-6-64-2)15(70-32)7-68-77(58,59)74-79(62,63)75-78(60,61)69-9-17-23(25(66-4)34(72-17)49-11-42-18-26(37)40-10-41-27(18)49)73-76(56,57)67-8-16-22(53)24(65-3)33(71-16)50-12-43-19-28(50)44-35(38)46-30(19)54/h10-17,21-25,32-34,52-53H,5-9H2,1-4H3,(H11-,37,38,39,40,41,44,45,46,47,54,55,56,57,58,59,60,61,62,63)/p+1/t14-,15-,16-,17?,21-,22-,23-,24-,25-,32-,33-,34-/m1/s1. The van der Waals surface area contributed by atoms with Crippen molar-refractivity contribution in [2.75, 3.05) is 65.0 Å². The van der Waals surface area contributed by atoms with Crippen molar-refractivity contribution in [2.24, 2.45) is 13.0 Å². The molecule has 39 nitrogen and oxygen atoms in total.